The Morgan fingerprint density at radius 1 is 1.27 bits per heavy atom. The van der Waals surface area contributed by atoms with Crippen molar-refractivity contribution in [2.75, 3.05) is 25.2 Å². The lowest BCUT2D eigenvalue weighted by atomic mass is 10.1. The number of rotatable bonds is 7. The van der Waals surface area contributed by atoms with E-state index in [1.165, 1.54) is 0 Å². The summed E-state index contributed by atoms with van der Waals surface area (Å²) in [5, 5.41) is 2.89. The van der Waals surface area contributed by atoms with Crippen LogP contribution in [-0.4, -0.2) is 37.1 Å². The van der Waals surface area contributed by atoms with Crippen molar-refractivity contribution in [2.45, 2.75) is 25.8 Å². The maximum Gasteiger partial charge on any atom is 0.260 e. The number of pyridine rings is 1. The fourth-order valence-electron chi connectivity index (χ4n) is 3.14. The summed E-state index contributed by atoms with van der Waals surface area (Å²) in [5.74, 6) is -0.219. The molecule has 2 amide bonds. The number of carbonyl (C=O) groups is 2. The number of anilines is 1. The summed E-state index contributed by atoms with van der Waals surface area (Å²) < 4.78 is 4.99. The minimum absolute atomic E-state index is 0.102. The van der Waals surface area contributed by atoms with Gasteiger partial charge in [0.1, 0.15) is 0 Å². The number of hydrogen-bond donors (Lipinski definition) is 1. The molecule has 1 aromatic heterocycles. The molecular weight excluding hydrogens is 330 g/mol. The third-order valence-corrected chi connectivity index (χ3v) is 4.45. The van der Waals surface area contributed by atoms with E-state index in [0.29, 0.717) is 24.4 Å². The third kappa shape index (κ3) is 3.75. The Bertz CT molecular complexity index is 789. The first kappa shape index (κ1) is 18.1. The van der Waals surface area contributed by atoms with Crippen molar-refractivity contribution in [3.8, 4) is 0 Å². The maximum absolute atomic E-state index is 12.9. The topological polar surface area (TPSA) is 71.5 Å². The van der Waals surface area contributed by atoms with Gasteiger partial charge in [0.25, 0.3) is 5.91 Å². The molecule has 26 heavy (non-hydrogen) atoms. The highest BCUT2D eigenvalue weighted by Crippen LogP contribution is 2.38. The maximum atomic E-state index is 12.9. The van der Waals surface area contributed by atoms with Gasteiger partial charge in [-0.25, -0.2) is 0 Å². The molecule has 2 heterocycles. The molecule has 6 nitrogen and oxygen atoms in total. The van der Waals surface area contributed by atoms with Gasteiger partial charge in [0.05, 0.1) is 23.7 Å². The number of benzene rings is 1. The molecular formula is C20H23N3O3. The Kier molecular flexibility index (Phi) is 5.63. The van der Waals surface area contributed by atoms with Gasteiger partial charge in [0, 0.05) is 32.1 Å². The van der Waals surface area contributed by atoms with E-state index in [1.54, 1.807) is 30.3 Å². The highest BCUT2D eigenvalue weighted by atomic mass is 16.5. The Balaban J connectivity index is 1.82. The largest absolute Gasteiger partial charge is 0.385 e. The monoisotopic (exact) mass is 353 g/mol. The van der Waals surface area contributed by atoms with Gasteiger partial charge in [-0.2, -0.15) is 0 Å². The van der Waals surface area contributed by atoms with Gasteiger partial charge >= 0.3 is 0 Å². The number of carbonyl (C=O) groups excluding carboxylic acids is 2. The number of nitrogens with zero attached hydrogens (tertiary/aromatic N) is 2. The van der Waals surface area contributed by atoms with E-state index in [9.17, 15) is 9.59 Å². The van der Waals surface area contributed by atoms with Crippen molar-refractivity contribution in [3.63, 3.8) is 0 Å². The number of aromatic nitrogens is 1. The van der Waals surface area contributed by atoms with Gasteiger partial charge in [0.2, 0.25) is 5.91 Å². The summed E-state index contributed by atoms with van der Waals surface area (Å²) in [7, 11) is 1.63. The van der Waals surface area contributed by atoms with Gasteiger partial charge < -0.3 is 10.1 Å². The molecule has 3 rings (SSSR count). The van der Waals surface area contributed by atoms with Crippen molar-refractivity contribution >= 4 is 17.5 Å². The molecule has 6 heteroatoms. The summed E-state index contributed by atoms with van der Waals surface area (Å²) in [6.07, 6.45) is 2.59. The molecule has 0 aliphatic carbocycles. The predicted octanol–water partition coefficient (Wildman–Crippen LogP) is 2.63. The average Bonchev–Trinajstić information content (AvgIpc) is 2.92. The molecule has 0 bridgehead atoms. The number of aryl methyl sites for hydroxylation is 1. The Labute approximate surface area is 153 Å². The fourth-order valence-corrected chi connectivity index (χ4v) is 3.14. The molecule has 0 unspecified atom stereocenters. The van der Waals surface area contributed by atoms with Crippen molar-refractivity contribution in [2.24, 2.45) is 0 Å². The third-order valence-electron chi connectivity index (χ3n) is 4.45. The van der Waals surface area contributed by atoms with Crippen molar-refractivity contribution in [1.82, 2.24) is 10.3 Å². The molecule has 0 spiro atoms. The van der Waals surface area contributed by atoms with Gasteiger partial charge in [0.15, 0.2) is 0 Å². The van der Waals surface area contributed by atoms with Crippen LogP contribution >= 0.6 is 0 Å². The van der Waals surface area contributed by atoms with E-state index in [0.717, 1.165) is 17.7 Å². The van der Waals surface area contributed by atoms with Gasteiger partial charge in [-0.3, -0.25) is 19.5 Å². The summed E-state index contributed by atoms with van der Waals surface area (Å²) in [6, 6.07) is 10.8. The molecule has 0 fully saturated rings. The number of ether oxygens (including phenoxy) is 1. The number of fused-ring (bicyclic) bond motifs is 1. The Hall–Kier alpha value is -2.73. The van der Waals surface area contributed by atoms with Gasteiger partial charge in [-0.05, 0) is 37.6 Å². The van der Waals surface area contributed by atoms with E-state index >= 15 is 0 Å². The number of nitrogens with one attached hydrogen (secondary N) is 1. The lowest BCUT2D eigenvalue weighted by Gasteiger charge is -2.24. The molecule has 1 aromatic carbocycles. The minimum atomic E-state index is -0.399. The second-order valence-corrected chi connectivity index (χ2v) is 6.36. The normalized spacial score (nSPS) is 15.8. The molecule has 0 radical (unpaired) electrons. The highest BCUT2D eigenvalue weighted by Gasteiger charge is 2.39. The molecule has 2 aromatic rings. The van der Waals surface area contributed by atoms with Crippen LogP contribution in [0.25, 0.3) is 0 Å². The SMILES string of the molecule is COCCCNC(=O)C[C@H]1c2ncccc2C(=O)N1c1ccc(C)cc1. The second kappa shape index (κ2) is 8.10. The van der Waals surface area contributed by atoms with Crippen LogP contribution in [0.15, 0.2) is 42.6 Å². The summed E-state index contributed by atoms with van der Waals surface area (Å²) in [6.45, 7) is 3.14. The van der Waals surface area contributed by atoms with Crippen LogP contribution in [0.3, 0.4) is 0 Å². The lowest BCUT2D eigenvalue weighted by molar-refractivity contribution is -0.121. The number of methoxy groups -OCH3 is 1. The van der Waals surface area contributed by atoms with Crippen LogP contribution in [-0.2, 0) is 9.53 Å². The summed E-state index contributed by atoms with van der Waals surface area (Å²) in [4.78, 5) is 31.4. The second-order valence-electron chi connectivity index (χ2n) is 6.36. The van der Waals surface area contributed by atoms with Crippen molar-refractivity contribution < 1.29 is 14.3 Å². The van der Waals surface area contributed by atoms with E-state index in [-0.39, 0.29) is 18.2 Å². The van der Waals surface area contributed by atoms with Crippen LogP contribution in [0, 0.1) is 6.92 Å². The number of hydrogen-bond acceptors (Lipinski definition) is 4. The Morgan fingerprint density at radius 2 is 2.04 bits per heavy atom. The first-order valence-electron chi connectivity index (χ1n) is 8.72. The first-order valence-corrected chi connectivity index (χ1v) is 8.72. The van der Waals surface area contributed by atoms with Crippen LogP contribution in [0.5, 0.6) is 0 Å². The molecule has 1 aliphatic heterocycles. The van der Waals surface area contributed by atoms with Crippen LogP contribution in [0.2, 0.25) is 0 Å². The zero-order valence-corrected chi connectivity index (χ0v) is 15.1. The molecule has 0 saturated carbocycles. The fraction of sp³-hybridized carbons (Fsp3) is 0.350. The number of amides is 2. The summed E-state index contributed by atoms with van der Waals surface area (Å²) in [5.41, 5.74) is 3.11. The standard InChI is InChI=1S/C20H23N3O3/c1-14-6-8-15(9-7-14)23-17(13-18(24)21-11-4-12-26-2)19-16(20(23)25)5-3-10-22-19/h3,5-10,17H,4,11-13H2,1-2H3,(H,21,24)/t17-/m0/s1. The van der Waals surface area contributed by atoms with Crippen molar-refractivity contribution in [1.29, 1.82) is 0 Å². The first-order chi connectivity index (χ1) is 12.6. The molecule has 1 atom stereocenters. The average molecular weight is 353 g/mol. The van der Waals surface area contributed by atoms with E-state index in [1.807, 2.05) is 31.2 Å². The molecule has 136 valence electrons. The van der Waals surface area contributed by atoms with E-state index in [4.69, 9.17) is 4.74 Å². The van der Waals surface area contributed by atoms with Gasteiger partial charge in [-0.15, -0.1) is 0 Å². The zero-order valence-electron chi connectivity index (χ0n) is 15.1. The highest BCUT2D eigenvalue weighted by molar-refractivity contribution is 6.11. The Morgan fingerprint density at radius 3 is 2.77 bits per heavy atom. The lowest BCUT2D eigenvalue weighted by Crippen LogP contribution is -2.33. The van der Waals surface area contributed by atoms with Crippen LogP contribution in [0.1, 0.15) is 40.5 Å². The van der Waals surface area contributed by atoms with Gasteiger partial charge in [-0.1, -0.05) is 17.7 Å². The van der Waals surface area contributed by atoms with Crippen LogP contribution < -0.4 is 10.2 Å². The van der Waals surface area contributed by atoms with E-state index in [2.05, 4.69) is 10.3 Å². The van der Waals surface area contributed by atoms with E-state index < -0.39 is 6.04 Å². The smallest absolute Gasteiger partial charge is 0.260 e. The zero-order chi connectivity index (χ0) is 18.5. The predicted molar refractivity (Wildman–Crippen MR) is 99.1 cm³/mol. The van der Waals surface area contributed by atoms with Crippen LogP contribution in [0.4, 0.5) is 5.69 Å². The molecule has 0 saturated heterocycles. The molecule has 1 N–H and O–H groups in total. The quantitative estimate of drug-likeness (QED) is 0.777. The molecule has 1 aliphatic rings. The van der Waals surface area contributed by atoms with Crippen molar-refractivity contribution in [3.05, 3.63) is 59.4 Å². The minimum Gasteiger partial charge on any atom is -0.385 e. The summed E-state index contributed by atoms with van der Waals surface area (Å²) >= 11 is 0.